The minimum atomic E-state index is -3.59. The second-order valence-corrected chi connectivity index (χ2v) is 7.67. The van der Waals surface area contributed by atoms with Crippen molar-refractivity contribution >= 4 is 28.4 Å². The summed E-state index contributed by atoms with van der Waals surface area (Å²) in [5.74, 6) is -0.505. The Morgan fingerprint density at radius 1 is 1.33 bits per heavy atom. The highest BCUT2D eigenvalue weighted by molar-refractivity contribution is 7.88. The molecule has 1 aliphatic rings. The number of ether oxygens (including phenoxy) is 1. The van der Waals surface area contributed by atoms with E-state index in [1.165, 1.54) is 7.11 Å². The molecule has 24 heavy (non-hydrogen) atoms. The van der Waals surface area contributed by atoms with E-state index < -0.39 is 16.0 Å². The Morgan fingerprint density at radius 3 is 2.54 bits per heavy atom. The first-order valence-corrected chi connectivity index (χ1v) is 9.48. The number of rotatable bonds is 7. The smallest absolute Gasteiger partial charge is 0.338 e. The molecule has 6 nitrogen and oxygen atoms in total. The van der Waals surface area contributed by atoms with Crippen molar-refractivity contribution in [2.45, 2.75) is 37.5 Å². The Hall–Kier alpha value is -1.15. The number of hydrogen-bond donors (Lipinski definition) is 2. The van der Waals surface area contributed by atoms with Crippen molar-refractivity contribution in [3.05, 3.63) is 35.4 Å². The molecule has 1 atom stereocenters. The molecule has 0 saturated heterocycles. The second kappa shape index (κ2) is 9.36. The molecule has 0 bridgehead atoms. The van der Waals surface area contributed by atoms with Gasteiger partial charge in [0.2, 0.25) is 10.0 Å². The molecule has 1 aromatic rings. The number of carbonyl (C=O) groups is 1. The van der Waals surface area contributed by atoms with E-state index in [0.29, 0.717) is 11.5 Å². The zero-order chi connectivity index (χ0) is 16.9. The average molecular weight is 377 g/mol. The van der Waals surface area contributed by atoms with Crippen molar-refractivity contribution in [2.75, 3.05) is 13.7 Å². The van der Waals surface area contributed by atoms with Gasteiger partial charge in [-0.2, -0.15) is 0 Å². The maximum atomic E-state index is 12.5. The predicted molar refractivity (Wildman–Crippen MR) is 95.6 cm³/mol. The van der Waals surface area contributed by atoms with Gasteiger partial charge in [0.05, 0.1) is 18.4 Å². The zero-order valence-electron chi connectivity index (χ0n) is 13.7. The van der Waals surface area contributed by atoms with Crippen LogP contribution < -0.4 is 10.5 Å². The van der Waals surface area contributed by atoms with Crippen molar-refractivity contribution in [3.63, 3.8) is 0 Å². The first-order valence-electron chi connectivity index (χ1n) is 7.83. The summed E-state index contributed by atoms with van der Waals surface area (Å²) in [6.07, 6.45) is 4.24. The normalized spacial score (nSPS) is 16.4. The van der Waals surface area contributed by atoms with Crippen molar-refractivity contribution in [1.82, 2.24) is 4.72 Å². The lowest BCUT2D eigenvalue weighted by Crippen LogP contribution is -2.45. The fourth-order valence-electron chi connectivity index (χ4n) is 3.13. The van der Waals surface area contributed by atoms with E-state index in [2.05, 4.69) is 4.72 Å². The van der Waals surface area contributed by atoms with Crippen molar-refractivity contribution in [3.8, 4) is 0 Å². The summed E-state index contributed by atoms with van der Waals surface area (Å²) >= 11 is 0. The number of sulfonamides is 1. The van der Waals surface area contributed by atoms with Gasteiger partial charge in [-0.1, -0.05) is 31.0 Å². The molecule has 0 heterocycles. The first-order chi connectivity index (χ1) is 11.0. The van der Waals surface area contributed by atoms with Gasteiger partial charge in [0.1, 0.15) is 0 Å². The van der Waals surface area contributed by atoms with Crippen LogP contribution in [0.4, 0.5) is 0 Å². The summed E-state index contributed by atoms with van der Waals surface area (Å²) in [6.45, 7) is 0.280. The lowest BCUT2D eigenvalue weighted by atomic mass is 9.99. The summed E-state index contributed by atoms with van der Waals surface area (Å²) in [7, 11) is -2.31. The number of hydrogen-bond acceptors (Lipinski definition) is 5. The molecule has 1 aromatic carbocycles. The number of carbonyl (C=O) groups excluding carboxylic acids is 1. The number of nitrogens with two attached hydrogens (primary N) is 1. The third-order valence-electron chi connectivity index (χ3n) is 4.32. The van der Waals surface area contributed by atoms with Gasteiger partial charge < -0.3 is 10.5 Å². The van der Waals surface area contributed by atoms with Gasteiger partial charge >= 0.3 is 5.97 Å². The molecule has 0 spiro atoms. The van der Waals surface area contributed by atoms with E-state index in [-0.39, 0.29) is 36.3 Å². The number of halogens is 1. The third kappa shape index (κ3) is 5.44. The van der Waals surface area contributed by atoms with Crippen molar-refractivity contribution in [1.29, 1.82) is 0 Å². The third-order valence-corrected chi connectivity index (χ3v) is 5.67. The maximum absolute atomic E-state index is 12.5. The minimum absolute atomic E-state index is 0. The summed E-state index contributed by atoms with van der Waals surface area (Å²) in [4.78, 5) is 11.8. The highest BCUT2D eigenvalue weighted by atomic mass is 35.5. The van der Waals surface area contributed by atoms with E-state index in [4.69, 9.17) is 10.5 Å². The van der Waals surface area contributed by atoms with Gasteiger partial charge in [0, 0.05) is 12.6 Å². The van der Waals surface area contributed by atoms with E-state index >= 15 is 0 Å². The maximum Gasteiger partial charge on any atom is 0.338 e. The zero-order valence-corrected chi connectivity index (χ0v) is 15.4. The Kier molecular flexibility index (Phi) is 8.15. The van der Waals surface area contributed by atoms with Crippen LogP contribution in [0.15, 0.2) is 24.3 Å². The van der Waals surface area contributed by atoms with Crippen LogP contribution in [0.1, 0.15) is 41.6 Å². The summed E-state index contributed by atoms with van der Waals surface area (Å²) in [5.41, 5.74) is 6.45. The molecule has 2 rings (SSSR count). The van der Waals surface area contributed by atoms with Crippen molar-refractivity contribution in [2.24, 2.45) is 11.7 Å². The van der Waals surface area contributed by atoms with Crippen LogP contribution in [0.5, 0.6) is 0 Å². The monoisotopic (exact) mass is 376 g/mol. The van der Waals surface area contributed by atoms with Gasteiger partial charge in [0.15, 0.2) is 0 Å². The fraction of sp³-hybridized carbons (Fsp3) is 0.562. The molecular weight excluding hydrogens is 352 g/mol. The van der Waals surface area contributed by atoms with Gasteiger partial charge in [-0.15, -0.1) is 12.4 Å². The van der Waals surface area contributed by atoms with Crippen molar-refractivity contribution < 1.29 is 17.9 Å². The average Bonchev–Trinajstić information content (AvgIpc) is 3.06. The lowest BCUT2D eigenvalue weighted by Gasteiger charge is -2.23. The quantitative estimate of drug-likeness (QED) is 0.707. The van der Waals surface area contributed by atoms with E-state index in [1.807, 2.05) is 0 Å². The van der Waals surface area contributed by atoms with Crippen LogP contribution >= 0.6 is 12.4 Å². The van der Waals surface area contributed by atoms with Gasteiger partial charge in [-0.05, 0) is 30.4 Å². The number of esters is 1. The van der Waals surface area contributed by atoms with Crippen LogP contribution in [0.2, 0.25) is 0 Å². The molecule has 3 N–H and O–H groups in total. The minimum Gasteiger partial charge on any atom is -0.465 e. The summed E-state index contributed by atoms with van der Waals surface area (Å²) < 4.78 is 32.4. The Balaban J connectivity index is 0.00000288. The Morgan fingerprint density at radius 2 is 1.96 bits per heavy atom. The first kappa shape index (κ1) is 20.9. The van der Waals surface area contributed by atoms with Gasteiger partial charge in [-0.3, -0.25) is 0 Å². The number of nitrogens with one attached hydrogen (secondary N) is 1. The molecule has 0 radical (unpaired) electrons. The molecule has 136 valence electrons. The van der Waals surface area contributed by atoms with E-state index in [0.717, 1.165) is 25.7 Å². The van der Waals surface area contributed by atoms with Gasteiger partial charge in [0.25, 0.3) is 0 Å². The molecule has 0 aliphatic heterocycles. The molecule has 1 unspecified atom stereocenters. The SMILES string of the molecule is COC(=O)c1ccccc1CS(=O)(=O)NC(CN)C1CCCC1.Cl. The molecule has 0 aromatic heterocycles. The lowest BCUT2D eigenvalue weighted by molar-refractivity contribution is 0.0600. The van der Waals surface area contributed by atoms with Crippen LogP contribution in [0.3, 0.4) is 0 Å². The summed E-state index contributed by atoms with van der Waals surface area (Å²) in [6, 6.07) is 6.32. The number of methoxy groups -OCH3 is 1. The fourth-order valence-corrected chi connectivity index (χ4v) is 4.62. The van der Waals surface area contributed by atoms with E-state index in [9.17, 15) is 13.2 Å². The van der Waals surface area contributed by atoms with E-state index in [1.54, 1.807) is 24.3 Å². The molecule has 1 saturated carbocycles. The predicted octanol–water partition coefficient (Wildman–Crippen LogP) is 1.83. The second-order valence-electron chi connectivity index (χ2n) is 5.91. The molecule has 8 heteroatoms. The van der Waals surface area contributed by atoms with Crippen LogP contribution in [-0.2, 0) is 20.5 Å². The topological polar surface area (TPSA) is 98.5 Å². The standard InChI is InChI=1S/C16H24N2O4S.ClH/c1-22-16(19)14-9-5-4-8-13(14)11-23(20,21)18-15(10-17)12-6-2-3-7-12;/h4-5,8-9,12,15,18H,2-3,6-7,10-11,17H2,1H3;1H. The van der Waals surface area contributed by atoms with Crippen LogP contribution in [0, 0.1) is 5.92 Å². The van der Waals surface area contributed by atoms with Gasteiger partial charge in [-0.25, -0.2) is 17.9 Å². The molecule has 1 fully saturated rings. The van der Waals surface area contributed by atoms with Crippen LogP contribution in [-0.4, -0.2) is 34.1 Å². The highest BCUT2D eigenvalue weighted by Gasteiger charge is 2.28. The molecule has 0 amide bonds. The molecular formula is C16H25ClN2O4S. The highest BCUT2D eigenvalue weighted by Crippen LogP contribution is 2.28. The molecule has 1 aliphatic carbocycles. The van der Waals surface area contributed by atoms with Crippen LogP contribution in [0.25, 0.3) is 0 Å². The Labute approximate surface area is 149 Å². The Bertz CT molecular complexity index is 645. The summed E-state index contributed by atoms with van der Waals surface area (Å²) in [5, 5.41) is 0. The largest absolute Gasteiger partial charge is 0.465 e. The number of benzene rings is 1.